The number of benzene rings is 2. The molecule has 0 bridgehead atoms. The summed E-state index contributed by atoms with van der Waals surface area (Å²) in [6.45, 7) is 1.62. The average Bonchev–Trinajstić information content (AvgIpc) is 2.84. The SMILES string of the molecule is O=C(c1cc(-c2ccncc2)nc2ccccc12)N1CCO[C@@H](c2ccccc2)C1. The van der Waals surface area contributed by atoms with E-state index in [-0.39, 0.29) is 12.0 Å². The normalized spacial score (nSPS) is 16.5. The van der Waals surface area contributed by atoms with Gasteiger partial charge in [0.25, 0.3) is 5.91 Å². The number of rotatable bonds is 3. The van der Waals surface area contributed by atoms with Crippen molar-refractivity contribution < 1.29 is 9.53 Å². The van der Waals surface area contributed by atoms with Crippen LogP contribution in [0.1, 0.15) is 22.0 Å². The first-order valence-electron chi connectivity index (χ1n) is 10.1. The summed E-state index contributed by atoms with van der Waals surface area (Å²) in [6, 6.07) is 23.6. The first-order chi connectivity index (χ1) is 14.8. The quantitative estimate of drug-likeness (QED) is 0.512. The summed E-state index contributed by atoms with van der Waals surface area (Å²) in [5.41, 5.74) is 4.28. The zero-order chi connectivity index (χ0) is 20.3. The average molecular weight is 395 g/mol. The van der Waals surface area contributed by atoms with Crippen molar-refractivity contribution in [3.05, 3.63) is 96.3 Å². The van der Waals surface area contributed by atoms with E-state index in [0.717, 1.165) is 27.7 Å². The monoisotopic (exact) mass is 395 g/mol. The minimum Gasteiger partial charge on any atom is -0.370 e. The largest absolute Gasteiger partial charge is 0.370 e. The Morgan fingerprint density at radius 2 is 1.73 bits per heavy atom. The summed E-state index contributed by atoms with van der Waals surface area (Å²) in [5.74, 6) is 0.00753. The van der Waals surface area contributed by atoms with Gasteiger partial charge in [-0.1, -0.05) is 48.5 Å². The first-order valence-corrected chi connectivity index (χ1v) is 10.1. The molecular weight excluding hydrogens is 374 g/mol. The van der Waals surface area contributed by atoms with E-state index in [4.69, 9.17) is 9.72 Å². The number of hydrogen-bond donors (Lipinski definition) is 0. The molecule has 0 spiro atoms. The van der Waals surface area contributed by atoms with Crippen molar-refractivity contribution in [2.75, 3.05) is 19.7 Å². The van der Waals surface area contributed by atoms with Crippen molar-refractivity contribution in [3.8, 4) is 11.3 Å². The fourth-order valence-corrected chi connectivity index (χ4v) is 3.90. The standard InChI is InChI=1S/C25H21N3O2/c29-25(28-14-15-30-24(17-28)19-6-2-1-3-7-19)21-16-23(18-10-12-26-13-11-18)27-22-9-5-4-8-20(21)22/h1-13,16,24H,14-15,17H2/t24-/m1/s1. The van der Waals surface area contributed by atoms with Crippen LogP contribution in [0.5, 0.6) is 0 Å². The highest BCUT2D eigenvalue weighted by Crippen LogP contribution is 2.28. The molecule has 1 atom stereocenters. The Balaban J connectivity index is 1.52. The molecule has 30 heavy (non-hydrogen) atoms. The van der Waals surface area contributed by atoms with Gasteiger partial charge in [0.1, 0.15) is 6.10 Å². The van der Waals surface area contributed by atoms with Crippen molar-refractivity contribution in [2.45, 2.75) is 6.10 Å². The van der Waals surface area contributed by atoms with Gasteiger partial charge in [-0.2, -0.15) is 0 Å². The third-order valence-electron chi connectivity index (χ3n) is 5.45. The molecular formula is C25H21N3O2. The maximum atomic E-state index is 13.6. The van der Waals surface area contributed by atoms with Crippen LogP contribution in [0.2, 0.25) is 0 Å². The second-order valence-electron chi connectivity index (χ2n) is 7.33. The Labute approximate surface area is 175 Å². The van der Waals surface area contributed by atoms with Gasteiger partial charge in [-0.25, -0.2) is 4.98 Å². The zero-order valence-electron chi connectivity index (χ0n) is 16.4. The lowest BCUT2D eigenvalue weighted by Crippen LogP contribution is -2.42. The van der Waals surface area contributed by atoms with E-state index in [1.54, 1.807) is 12.4 Å². The summed E-state index contributed by atoms with van der Waals surface area (Å²) < 4.78 is 5.95. The Morgan fingerprint density at radius 1 is 0.967 bits per heavy atom. The highest BCUT2D eigenvalue weighted by Gasteiger charge is 2.27. The van der Waals surface area contributed by atoms with E-state index >= 15 is 0 Å². The van der Waals surface area contributed by atoms with Crippen LogP contribution >= 0.6 is 0 Å². The lowest BCUT2D eigenvalue weighted by Gasteiger charge is -2.33. The number of hydrogen-bond acceptors (Lipinski definition) is 4. The van der Waals surface area contributed by atoms with Gasteiger partial charge < -0.3 is 9.64 Å². The molecule has 148 valence electrons. The van der Waals surface area contributed by atoms with E-state index in [9.17, 15) is 4.79 Å². The minimum atomic E-state index is -0.114. The van der Waals surface area contributed by atoms with E-state index in [1.165, 1.54) is 0 Å². The van der Waals surface area contributed by atoms with Gasteiger partial charge >= 0.3 is 0 Å². The van der Waals surface area contributed by atoms with E-state index in [1.807, 2.05) is 77.7 Å². The van der Waals surface area contributed by atoms with Gasteiger partial charge in [-0.15, -0.1) is 0 Å². The van der Waals surface area contributed by atoms with Crippen molar-refractivity contribution in [2.24, 2.45) is 0 Å². The van der Waals surface area contributed by atoms with E-state index < -0.39 is 0 Å². The minimum absolute atomic E-state index is 0.00753. The molecule has 5 nitrogen and oxygen atoms in total. The maximum Gasteiger partial charge on any atom is 0.254 e. The van der Waals surface area contributed by atoms with Crippen LogP contribution in [0, 0.1) is 0 Å². The van der Waals surface area contributed by atoms with Gasteiger partial charge in [-0.3, -0.25) is 9.78 Å². The van der Waals surface area contributed by atoms with Crippen LogP contribution < -0.4 is 0 Å². The number of amides is 1. The fraction of sp³-hybridized carbons (Fsp3) is 0.160. The third-order valence-corrected chi connectivity index (χ3v) is 5.45. The van der Waals surface area contributed by atoms with Crippen LogP contribution in [0.3, 0.4) is 0 Å². The molecule has 0 radical (unpaired) electrons. The third kappa shape index (κ3) is 3.55. The number of pyridine rings is 2. The topological polar surface area (TPSA) is 55.3 Å². The molecule has 1 aliphatic heterocycles. The van der Waals surface area contributed by atoms with Crippen LogP contribution in [0.4, 0.5) is 0 Å². The molecule has 1 aliphatic rings. The summed E-state index contributed by atoms with van der Waals surface area (Å²) in [5, 5.41) is 0.864. The fourth-order valence-electron chi connectivity index (χ4n) is 3.90. The van der Waals surface area contributed by atoms with Gasteiger partial charge in [0.2, 0.25) is 0 Å². The Kier molecular flexibility index (Phi) is 4.95. The molecule has 4 aromatic rings. The molecule has 3 heterocycles. The maximum absolute atomic E-state index is 13.6. The molecule has 1 amide bonds. The highest BCUT2D eigenvalue weighted by atomic mass is 16.5. The number of carbonyl (C=O) groups excluding carboxylic acids is 1. The van der Waals surface area contributed by atoms with Crippen molar-refractivity contribution in [1.82, 2.24) is 14.9 Å². The number of fused-ring (bicyclic) bond motifs is 1. The summed E-state index contributed by atoms with van der Waals surface area (Å²) in [4.78, 5) is 24.3. The number of morpholine rings is 1. The summed E-state index contributed by atoms with van der Waals surface area (Å²) in [7, 11) is 0. The number of carbonyl (C=O) groups is 1. The summed E-state index contributed by atoms with van der Waals surface area (Å²) in [6.07, 6.45) is 3.36. The lowest BCUT2D eigenvalue weighted by molar-refractivity contribution is -0.0227. The first kappa shape index (κ1) is 18.5. The second kappa shape index (κ2) is 8.05. The van der Waals surface area contributed by atoms with Crippen molar-refractivity contribution in [3.63, 3.8) is 0 Å². The molecule has 5 heteroatoms. The number of para-hydroxylation sites is 1. The Bertz CT molecular complexity index is 1180. The summed E-state index contributed by atoms with van der Waals surface area (Å²) >= 11 is 0. The smallest absolute Gasteiger partial charge is 0.254 e. The van der Waals surface area contributed by atoms with Crippen molar-refractivity contribution in [1.29, 1.82) is 0 Å². The van der Waals surface area contributed by atoms with Gasteiger partial charge in [0.05, 0.1) is 29.9 Å². The molecule has 0 unspecified atom stereocenters. The molecule has 2 aromatic heterocycles. The van der Waals surface area contributed by atoms with Gasteiger partial charge in [0.15, 0.2) is 0 Å². The van der Waals surface area contributed by atoms with Crippen molar-refractivity contribution >= 4 is 16.8 Å². The second-order valence-corrected chi connectivity index (χ2v) is 7.33. The molecule has 0 N–H and O–H groups in total. The number of nitrogens with zero attached hydrogens (tertiary/aromatic N) is 3. The van der Waals surface area contributed by atoms with E-state index in [2.05, 4.69) is 4.98 Å². The lowest BCUT2D eigenvalue weighted by atomic mass is 10.0. The van der Waals surface area contributed by atoms with Gasteiger partial charge in [-0.05, 0) is 29.8 Å². The van der Waals surface area contributed by atoms with Crippen LogP contribution in [-0.4, -0.2) is 40.5 Å². The Hall–Kier alpha value is -3.57. The van der Waals surface area contributed by atoms with Gasteiger partial charge in [0, 0.05) is 29.9 Å². The molecule has 1 saturated heterocycles. The molecule has 5 rings (SSSR count). The Morgan fingerprint density at radius 3 is 2.57 bits per heavy atom. The number of ether oxygens (including phenoxy) is 1. The van der Waals surface area contributed by atoms with E-state index in [0.29, 0.717) is 25.3 Å². The molecule has 2 aromatic carbocycles. The predicted molar refractivity (Wildman–Crippen MR) is 116 cm³/mol. The molecule has 0 aliphatic carbocycles. The molecule has 0 saturated carbocycles. The zero-order valence-corrected chi connectivity index (χ0v) is 16.4. The molecule has 1 fully saturated rings. The number of aromatic nitrogens is 2. The predicted octanol–water partition coefficient (Wildman–Crippen LogP) is 4.51. The highest BCUT2D eigenvalue weighted by molar-refractivity contribution is 6.07. The van der Waals surface area contributed by atoms with Crippen LogP contribution in [-0.2, 0) is 4.74 Å². The van der Waals surface area contributed by atoms with Crippen LogP contribution in [0.15, 0.2) is 85.2 Å². The van der Waals surface area contributed by atoms with Crippen LogP contribution in [0.25, 0.3) is 22.2 Å².